The Bertz CT molecular complexity index is 284. The molecule has 16 heavy (non-hydrogen) atoms. The van der Waals surface area contributed by atoms with Gasteiger partial charge in [0.15, 0.2) is 0 Å². The molecule has 1 rings (SSSR count). The molecule has 0 fully saturated rings. The Labute approximate surface area is 101 Å². The van der Waals surface area contributed by atoms with E-state index in [1.54, 1.807) is 18.4 Å². The fraction of sp³-hybridized carbons (Fsp3) is 0.727. The number of nitrogens with one attached hydrogen (secondary N) is 1. The SMILES string of the molecule is COCC(C)(CCO)NC(C)c1cncs1. The van der Waals surface area contributed by atoms with Crippen LogP contribution in [0.1, 0.15) is 31.2 Å². The van der Waals surface area contributed by atoms with Crippen LogP contribution in [0.4, 0.5) is 0 Å². The van der Waals surface area contributed by atoms with Crippen molar-refractivity contribution < 1.29 is 9.84 Å². The topological polar surface area (TPSA) is 54.4 Å². The first kappa shape index (κ1) is 13.6. The Morgan fingerprint density at radius 2 is 2.44 bits per heavy atom. The highest BCUT2D eigenvalue weighted by atomic mass is 32.1. The average molecular weight is 244 g/mol. The highest BCUT2D eigenvalue weighted by Crippen LogP contribution is 2.21. The predicted octanol–water partition coefficient (Wildman–Crippen LogP) is 1.58. The van der Waals surface area contributed by atoms with E-state index >= 15 is 0 Å². The number of rotatable bonds is 7. The fourth-order valence-electron chi connectivity index (χ4n) is 1.78. The molecule has 4 nitrogen and oxygen atoms in total. The van der Waals surface area contributed by atoms with Crippen molar-refractivity contribution in [3.8, 4) is 0 Å². The van der Waals surface area contributed by atoms with Crippen molar-refractivity contribution in [3.05, 3.63) is 16.6 Å². The number of aliphatic hydroxyl groups excluding tert-OH is 1. The van der Waals surface area contributed by atoms with Gasteiger partial charge in [0.05, 0.1) is 12.1 Å². The van der Waals surface area contributed by atoms with Gasteiger partial charge < -0.3 is 15.2 Å². The van der Waals surface area contributed by atoms with Crippen LogP contribution in [0.3, 0.4) is 0 Å². The number of aromatic nitrogens is 1. The zero-order valence-corrected chi connectivity index (χ0v) is 10.9. The van der Waals surface area contributed by atoms with Crippen LogP contribution in [0.2, 0.25) is 0 Å². The van der Waals surface area contributed by atoms with Crippen LogP contribution in [-0.2, 0) is 4.74 Å². The summed E-state index contributed by atoms with van der Waals surface area (Å²) < 4.78 is 5.19. The van der Waals surface area contributed by atoms with E-state index in [0.29, 0.717) is 13.0 Å². The number of ether oxygens (including phenoxy) is 1. The minimum atomic E-state index is -0.201. The summed E-state index contributed by atoms with van der Waals surface area (Å²) in [5.74, 6) is 0. The molecular weight excluding hydrogens is 224 g/mol. The van der Waals surface area contributed by atoms with Gasteiger partial charge in [-0.05, 0) is 20.3 Å². The zero-order valence-electron chi connectivity index (χ0n) is 10.1. The van der Waals surface area contributed by atoms with Gasteiger partial charge in [0.1, 0.15) is 0 Å². The molecule has 0 aliphatic heterocycles. The summed E-state index contributed by atoms with van der Waals surface area (Å²) in [7, 11) is 1.68. The summed E-state index contributed by atoms with van der Waals surface area (Å²) in [6.45, 7) is 4.89. The summed E-state index contributed by atoms with van der Waals surface area (Å²) in [5.41, 5.74) is 1.63. The smallest absolute Gasteiger partial charge is 0.0794 e. The van der Waals surface area contributed by atoms with E-state index in [9.17, 15) is 0 Å². The summed E-state index contributed by atoms with van der Waals surface area (Å²) in [5, 5.41) is 12.5. The van der Waals surface area contributed by atoms with Crippen LogP contribution >= 0.6 is 11.3 Å². The molecular formula is C11H20N2O2S. The normalized spacial score (nSPS) is 17.0. The Morgan fingerprint density at radius 1 is 1.69 bits per heavy atom. The van der Waals surface area contributed by atoms with E-state index in [1.165, 1.54) is 4.88 Å². The number of thiazole rings is 1. The summed E-state index contributed by atoms with van der Waals surface area (Å²) in [4.78, 5) is 5.26. The molecule has 92 valence electrons. The lowest BCUT2D eigenvalue weighted by molar-refractivity contribution is 0.0915. The van der Waals surface area contributed by atoms with Gasteiger partial charge >= 0.3 is 0 Å². The molecule has 0 spiro atoms. The van der Waals surface area contributed by atoms with Crippen LogP contribution in [0.15, 0.2) is 11.7 Å². The standard InChI is InChI=1S/C11H20N2O2S/c1-9(10-6-12-8-16-10)13-11(2,4-5-14)7-15-3/h6,8-9,13-14H,4-5,7H2,1-3H3. The van der Waals surface area contributed by atoms with E-state index in [2.05, 4.69) is 24.1 Å². The number of methoxy groups -OCH3 is 1. The number of nitrogens with zero attached hydrogens (tertiary/aromatic N) is 1. The molecule has 0 saturated heterocycles. The third-order valence-electron chi connectivity index (χ3n) is 2.57. The highest BCUT2D eigenvalue weighted by molar-refractivity contribution is 7.09. The van der Waals surface area contributed by atoms with E-state index in [4.69, 9.17) is 9.84 Å². The highest BCUT2D eigenvalue weighted by Gasteiger charge is 2.26. The summed E-state index contributed by atoms with van der Waals surface area (Å²) >= 11 is 1.63. The Hall–Kier alpha value is -0.490. The van der Waals surface area contributed by atoms with Crippen molar-refractivity contribution in [1.82, 2.24) is 10.3 Å². The minimum absolute atomic E-state index is 0.155. The molecule has 1 aromatic rings. The molecule has 0 aliphatic rings. The second-order valence-electron chi connectivity index (χ2n) is 4.24. The van der Waals surface area contributed by atoms with Crippen LogP contribution in [0.5, 0.6) is 0 Å². The van der Waals surface area contributed by atoms with E-state index in [-0.39, 0.29) is 18.2 Å². The van der Waals surface area contributed by atoms with Gasteiger partial charge in [-0.25, -0.2) is 0 Å². The van der Waals surface area contributed by atoms with E-state index in [0.717, 1.165) is 0 Å². The minimum Gasteiger partial charge on any atom is -0.396 e. The molecule has 2 N–H and O–H groups in total. The maximum absolute atomic E-state index is 9.07. The Balaban J connectivity index is 2.60. The van der Waals surface area contributed by atoms with Crippen LogP contribution in [-0.4, -0.2) is 36.0 Å². The summed E-state index contributed by atoms with van der Waals surface area (Å²) in [6.07, 6.45) is 2.54. The molecule has 0 saturated carbocycles. The van der Waals surface area contributed by atoms with Gasteiger partial charge in [0, 0.05) is 36.4 Å². The van der Waals surface area contributed by atoms with Crippen LogP contribution in [0, 0.1) is 0 Å². The molecule has 1 heterocycles. The molecule has 1 aromatic heterocycles. The van der Waals surface area contributed by atoms with Gasteiger partial charge in [-0.1, -0.05) is 0 Å². The van der Waals surface area contributed by atoms with Crippen molar-refractivity contribution in [1.29, 1.82) is 0 Å². The van der Waals surface area contributed by atoms with Crippen molar-refractivity contribution in [2.75, 3.05) is 20.3 Å². The molecule has 0 amide bonds. The van der Waals surface area contributed by atoms with Crippen LogP contribution < -0.4 is 5.32 Å². The third kappa shape index (κ3) is 3.83. The zero-order chi connectivity index (χ0) is 12.0. The van der Waals surface area contributed by atoms with Crippen LogP contribution in [0.25, 0.3) is 0 Å². The molecule has 5 heteroatoms. The lowest BCUT2D eigenvalue weighted by Gasteiger charge is -2.32. The lowest BCUT2D eigenvalue weighted by atomic mass is 9.98. The van der Waals surface area contributed by atoms with Gasteiger partial charge in [-0.15, -0.1) is 11.3 Å². The number of hydrogen-bond acceptors (Lipinski definition) is 5. The monoisotopic (exact) mass is 244 g/mol. The first-order valence-corrected chi connectivity index (χ1v) is 6.25. The second-order valence-corrected chi connectivity index (χ2v) is 5.16. The molecule has 0 aliphatic carbocycles. The number of hydrogen-bond donors (Lipinski definition) is 2. The number of aliphatic hydroxyl groups is 1. The van der Waals surface area contributed by atoms with Crippen molar-refractivity contribution in [2.24, 2.45) is 0 Å². The first-order chi connectivity index (χ1) is 7.61. The molecule has 0 bridgehead atoms. The molecule has 2 atom stereocenters. The maximum Gasteiger partial charge on any atom is 0.0794 e. The maximum atomic E-state index is 9.07. The molecule has 2 unspecified atom stereocenters. The largest absolute Gasteiger partial charge is 0.396 e. The van der Waals surface area contributed by atoms with E-state index in [1.807, 2.05) is 11.7 Å². The van der Waals surface area contributed by atoms with Crippen molar-refractivity contribution in [2.45, 2.75) is 31.8 Å². The second kappa shape index (κ2) is 6.30. The fourth-order valence-corrected chi connectivity index (χ4v) is 2.41. The Kier molecular flexibility index (Phi) is 5.34. The lowest BCUT2D eigenvalue weighted by Crippen LogP contribution is -2.47. The molecule has 0 radical (unpaired) electrons. The van der Waals surface area contributed by atoms with Gasteiger partial charge in [-0.3, -0.25) is 4.98 Å². The predicted molar refractivity (Wildman–Crippen MR) is 65.6 cm³/mol. The third-order valence-corrected chi connectivity index (χ3v) is 3.53. The Morgan fingerprint density at radius 3 is 2.94 bits per heavy atom. The van der Waals surface area contributed by atoms with Gasteiger partial charge in [0.25, 0.3) is 0 Å². The first-order valence-electron chi connectivity index (χ1n) is 5.37. The van der Waals surface area contributed by atoms with Gasteiger partial charge in [-0.2, -0.15) is 0 Å². The van der Waals surface area contributed by atoms with Crippen molar-refractivity contribution in [3.63, 3.8) is 0 Å². The van der Waals surface area contributed by atoms with Crippen molar-refractivity contribution >= 4 is 11.3 Å². The molecule has 0 aromatic carbocycles. The van der Waals surface area contributed by atoms with Gasteiger partial charge in [0.2, 0.25) is 0 Å². The average Bonchev–Trinajstić information content (AvgIpc) is 2.70. The summed E-state index contributed by atoms with van der Waals surface area (Å²) in [6, 6.07) is 0.221. The van der Waals surface area contributed by atoms with E-state index < -0.39 is 0 Å². The quantitative estimate of drug-likeness (QED) is 0.764.